The molecule has 5 nitrogen and oxygen atoms in total. The fourth-order valence-corrected chi connectivity index (χ4v) is 2.93. The van der Waals surface area contributed by atoms with Gasteiger partial charge in [0, 0.05) is 11.1 Å². The van der Waals surface area contributed by atoms with Gasteiger partial charge in [0.05, 0.1) is 17.2 Å². The minimum Gasteiger partial charge on any atom is -0.350 e. The van der Waals surface area contributed by atoms with Crippen molar-refractivity contribution in [3.8, 4) is 11.3 Å². The van der Waals surface area contributed by atoms with E-state index >= 15 is 0 Å². The molecule has 0 fully saturated rings. The van der Waals surface area contributed by atoms with E-state index in [1.165, 1.54) is 11.3 Å². The zero-order valence-electron chi connectivity index (χ0n) is 13.8. The van der Waals surface area contributed by atoms with Crippen LogP contribution in [0.4, 0.5) is 0 Å². The van der Waals surface area contributed by atoms with Crippen molar-refractivity contribution in [3.05, 3.63) is 40.2 Å². The van der Waals surface area contributed by atoms with Crippen molar-refractivity contribution in [2.75, 3.05) is 6.54 Å². The Morgan fingerprint density at radius 3 is 2.43 bits per heavy atom. The first-order valence-electron chi connectivity index (χ1n) is 7.38. The molecule has 23 heavy (non-hydrogen) atoms. The van der Waals surface area contributed by atoms with Gasteiger partial charge in [-0.15, -0.1) is 11.3 Å². The third-order valence-corrected chi connectivity index (χ3v) is 3.88. The third kappa shape index (κ3) is 4.89. The van der Waals surface area contributed by atoms with Crippen LogP contribution in [-0.4, -0.2) is 28.9 Å². The molecule has 2 N–H and O–H groups in total. The SMILES string of the molecule is Cc1nc(-c2ccccc2)c(C(=O)NCC(=O)NC(C)(C)C)s1. The monoisotopic (exact) mass is 331 g/mol. The van der Waals surface area contributed by atoms with E-state index in [0.29, 0.717) is 10.6 Å². The summed E-state index contributed by atoms with van der Waals surface area (Å²) in [6, 6.07) is 9.55. The summed E-state index contributed by atoms with van der Waals surface area (Å²) in [6.07, 6.45) is 0. The van der Waals surface area contributed by atoms with E-state index in [1.54, 1.807) is 0 Å². The number of carbonyl (C=O) groups is 2. The Balaban J connectivity index is 2.10. The molecule has 0 radical (unpaired) electrons. The predicted molar refractivity (Wildman–Crippen MR) is 92.5 cm³/mol. The fraction of sp³-hybridized carbons (Fsp3) is 0.353. The summed E-state index contributed by atoms with van der Waals surface area (Å²) in [7, 11) is 0. The molecule has 1 aromatic carbocycles. The van der Waals surface area contributed by atoms with Gasteiger partial charge in [-0.1, -0.05) is 30.3 Å². The molecule has 0 unspecified atom stereocenters. The van der Waals surface area contributed by atoms with Gasteiger partial charge in [-0.25, -0.2) is 4.98 Å². The summed E-state index contributed by atoms with van der Waals surface area (Å²) in [5.41, 5.74) is 1.22. The Kier molecular flexibility index (Phi) is 5.15. The molecule has 0 aliphatic heterocycles. The lowest BCUT2D eigenvalue weighted by atomic mass is 10.1. The van der Waals surface area contributed by atoms with Gasteiger partial charge in [0.2, 0.25) is 5.91 Å². The molecule has 1 heterocycles. The van der Waals surface area contributed by atoms with Crippen molar-refractivity contribution >= 4 is 23.2 Å². The van der Waals surface area contributed by atoms with Crippen LogP contribution in [0.3, 0.4) is 0 Å². The number of amides is 2. The number of nitrogens with zero attached hydrogens (tertiary/aromatic N) is 1. The number of benzene rings is 1. The van der Waals surface area contributed by atoms with E-state index in [1.807, 2.05) is 58.0 Å². The first-order chi connectivity index (χ1) is 10.8. The van der Waals surface area contributed by atoms with Crippen molar-refractivity contribution in [2.24, 2.45) is 0 Å². The van der Waals surface area contributed by atoms with E-state index in [-0.39, 0.29) is 23.9 Å². The van der Waals surface area contributed by atoms with E-state index < -0.39 is 0 Å². The molecular weight excluding hydrogens is 310 g/mol. The van der Waals surface area contributed by atoms with Crippen LogP contribution in [0, 0.1) is 6.92 Å². The van der Waals surface area contributed by atoms with Crippen LogP contribution in [-0.2, 0) is 4.79 Å². The van der Waals surface area contributed by atoms with E-state index in [4.69, 9.17) is 0 Å². The summed E-state index contributed by atoms with van der Waals surface area (Å²) in [5, 5.41) is 6.29. The van der Waals surface area contributed by atoms with Gasteiger partial charge < -0.3 is 10.6 Å². The van der Waals surface area contributed by atoms with Gasteiger partial charge in [0.15, 0.2) is 0 Å². The number of aromatic nitrogens is 1. The molecule has 2 aromatic rings. The molecule has 0 bridgehead atoms. The Bertz CT molecular complexity index is 702. The molecule has 0 aliphatic rings. The average molecular weight is 331 g/mol. The van der Waals surface area contributed by atoms with Crippen LogP contribution < -0.4 is 10.6 Å². The van der Waals surface area contributed by atoms with Crippen LogP contribution in [0.25, 0.3) is 11.3 Å². The standard InChI is InChI=1S/C17H21N3O2S/c1-11-19-14(12-8-6-5-7-9-12)15(23-11)16(22)18-10-13(21)20-17(2,3)4/h5-9H,10H2,1-4H3,(H,18,22)(H,20,21). The molecule has 0 aliphatic carbocycles. The first-order valence-corrected chi connectivity index (χ1v) is 8.20. The van der Waals surface area contributed by atoms with Gasteiger partial charge in [0.1, 0.15) is 4.88 Å². The highest BCUT2D eigenvalue weighted by Crippen LogP contribution is 2.27. The van der Waals surface area contributed by atoms with Crippen LogP contribution in [0.5, 0.6) is 0 Å². The average Bonchev–Trinajstić information content (AvgIpc) is 2.86. The predicted octanol–water partition coefficient (Wildman–Crippen LogP) is 2.76. The summed E-state index contributed by atoms with van der Waals surface area (Å²) in [6.45, 7) is 7.49. The van der Waals surface area contributed by atoms with Crippen LogP contribution in [0.1, 0.15) is 35.5 Å². The number of aryl methyl sites for hydroxylation is 1. The molecule has 1 aromatic heterocycles. The Labute approximate surface area is 140 Å². The van der Waals surface area contributed by atoms with Gasteiger partial charge in [0.25, 0.3) is 5.91 Å². The number of rotatable bonds is 4. The minimum absolute atomic E-state index is 0.0543. The maximum atomic E-state index is 12.4. The highest BCUT2D eigenvalue weighted by molar-refractivity contribution is 7.14. The summed E-state index contributed by atoms with van der Waals surface area (Å²) in [4.78, 5) is 29.2. The number of thiazole rings is 1. The fourth-order valence-electron chi connectivity index (χ4n) is 2.08. The molecule has 122 valence electrons. The molecule has 0 atom stereocenters. The van der Waals surface area contributed by atoms with Crippen molar-refractivity contribution in [1.82, 2.24) is 15.6 Å². The lowest BCUT2D eigenvalue weighted by Crippen LogP contribution is -2.45. The summed E-state index contributed by atoms with van der Waals surface area (Å²) < 4.78 is 0. The Hall–Kier alpha value is -2.21. The molecule has 2 amide bonds. The van der Waals surface area contributed by atoms with Crippen molar-refractivity contribution < 1.29 is 9.59 Å². The second-order valence-electron chi connectivity index (χ2n) is 6.26. The maximum Gasteiger partial charge on any atom is 0.264 e. The molecule has 6 heteroatoms. The number of carbonyl (C=O) groups excluding carboxylic acids is 2. The molecule has 2 rings (SSSR count). The Morgan fingerprint density at radius 1 is 1.17 bits per heavy atom. The molecule has 0 saturated carbocycles. The highest BCUT2D eigenvalue weighted by Gasteiger charge is 2.19. The van der Waals surface area contributed by atoms with Gasteiger partial charge in [-0.3, -0.25) is 9.59 Å². The van der Waals surface area contributed by atoms with E-state index in [9.17, 15) is 9.59 Å². The second-order valence-corrected chi connectivity index (χ2v) is 7.46. The normalized spacial score (nSPS) is 11.1. The highest BCUT2D eigenvalue weighted by atomic mass is 32.1. The van der Waals surface area contributed by atoms with Crippen LogP contribution in [0.2, 0.25) is 0 Å². The molecule has 0 spiro atoms. The van der Waals surface area contributed by atoms with Gasteiger partial charge in [-0.2, -0.15) is 0 Å². The van der Waals surface area contributed by atoms with E-state index in [2.05, 4.69) is 15.6 Å². The van der Waals surface area contributed by atoms with Crippen molar-refractivity contribution in [1.29, 1.82) is 0 Å². The molecule has 0 saturated heterocycles. The van der Waals surface area contributed by atoms with Gasteiger partial charge >= 0.3 is 0 Å². The summed E-state index contributed by atoms with van der Waals surface area (Å²) in [5.74, 6) is -0.494. The lowest BCUT2D eigenvalue weighted by Gasteiger charge is -2.20. The zero-order valence-corrected chi connectivity index (χ0v) is 14.6. The van der Waals surface area contributed by atoms with E-state index in [0.717, 1.165) is 10.6 Å². The smallest absolute Gasteiger partial charge is 0.264 e. The maximum absolute atomic E-state index is 12.4. The lowest BCUT2D eigenvalue weighted by molar-refractivity contribution is -0.121. The molecular formula is C17H21N3O2S. The van der Waals surface area contributed by atoms with Crippen LogP contribution >= 0.6 is 11.3 Å². The van der Waals surface area contributed by atoms with Crippen LogP contribution in [0.15, 0.2) is 30.3 Å². The first kappa shape index (κ1) is 17.1. The van der Waals surface area contributed by atoms with Crippen molar-refractivity contribution in [3.63, 3.8) is 0 Å². The Morgan fingerprint density at radius 2 is 1.83 bits per heavy atom. The third-order valence-electron chi connectivity index (χ3n) is 2.91. The van der Waals surface area contributed by atoms with Crippen molar-refractivity contribution in [2.45, 2.75) is 33.2 Å². The minimum atomic E-state index is -0.321. The number of nitrogens with one attached hydrogen (secondary N) is 2. The number of hydrogen-bond donors (Lipinski definition) is 2. The topological polar surface area (TPSA) is 71.1 Å². The largest absolute Gasteiger partial charge is 0.350 e. The van der Waals surface area contributed by atoms with Gasteiger partial charge in [-0.05, 0) is 27.7 Å². The number of hydrogen-bond acceptors (Lipinski definition) is 4. The zero-order chi connectivity index (χ0) is 17.0. The summed E-state index contributed by atoms with van der Waals surface area (Å²) >= 11 is 1.33. The second kappa shape index (κ2) is 6.91. The quantitative estimate of drug-likeness (QED) is 0.905.